The van der Waals surface area contributed by atoms with Crippen molar-refractivity contribution < 1.29 is 22.7 Å². The lowest BCUT2D eigenvalue weighted by atomic mass is 9.87. The predicted molar refractivity (Wildman–Crippen MR) is 125 cm³/mol. The normalized spacial score (nSPS) is 24.8. The number of aromatic nitrogens is 2. The van der Waals surface area contributed by atoms with Gasteiger partial charge in [0.1, 0.15) is 12.1 Å². The lowest BCUT2D eigenvalue weighted by Gasteiger charge is -2.48. The summed E-state index contributed by atoms with van der Waals surface area (Å²) in [6.45, 7) is 5.36. The summed E-state index contributed by atoms with van der Waals surface area (Å²) >= 11 is 0. The molecule has 3 fully saturated rings. The Balaban J connectivity index is 1.06. The van der Waals surface area contributed by atoms with E-state index in [0.717, 1.165) is 51.5 Å². The molecule has 1 aromatic carbocycles. The van der Waals surface area contributed by atoms with Crippen molar-refractivity contribution in [1.82, 2.24) is 25.1 Å². The summed E-state index contributed by atoms with van der Waals surface area (Å²) in [5, 5.41) is 6.12. The van der Waals surface area contributed by atoms with Crippen molar-refractivity contribution in [1.29, 1.82) is 0 Å². The van der Waals surface area contributed by atoms with Crippen LogP contribution in [0.3, 0.4) is 0 Å². The maximum Gasteiger partial charge on any atom is 0.416 e. The molecule has 1 amide bonds. The first kappa shape index (κ1) is 24.2. The molecule has 0 radical (unpaired) electrons. The van der Waals surface area contributed by atoms with E-state index in [1.807, 2.05) is 0 Å². The minimum atomic E-state index is -4.46. The third kappa shape index (κ3) is 5.68. The van der Waals surface area contributed by atoms with Gasteiger partial charge in [-0.25, -0.2) is 9.97 Å². The molecule has 0 atom stereocenters. The Morgan fingerprint density at radius 2 is 1.71 bits per heavy atom. The van der Waals surface area contributed by atoms with E-state index in [1.165, 1.54) is 38.1 Å². The Labute approximate surface area is 202 Å². The summed E-state index contributed by atoms with van der Waals surface area (Å²) in [7, 11) is 0. The Bertz CT molecular complexity index is 1030. The maximum absolute atomic E-state index is 13.1. The zero-order valence-electron chi connectivity index (χ0n) is 19.6. The van der Waals surface area contributed by atoms with Gasteiger partial charge in [0.2, 0.25) is 5.91 Å². The van der Waals surface area contributed by atoms with Gasteiger partial charge in [-0.15, -0.1) is 0 Å². The van der Waals surface area contributed by atoms with Crippen LogP contribution in [0.15, 0.2) is 24.5 Å². The van der Waals surface area contributed by atoms with E-state index in [9.17, 15) is 18.0 Å². The first-order valence-electron chi connectivity index (χ1n) is 12.3. The zero-order chi connectivity index (χ0) is 24.4. The number of morpholine rings is 1. The summed E-state index contributed by atoms with van der Waals surface area (Å²) in [5.74, 6) is 0.00734. The smallest absolute Gasteiger partial charge is 0.379 e. The van der Waals surface area contributed by atoms with E-state index in [-0.39, 0.29) is 29.7 Å². The predicted octanol–water partition coefficient (Wildman–Crippen LogP) is 2.50. The van der Waals surface area contributed by atoms with Gasteiger partial charge in [-0.1, -0.05) is 0 Å². The molecule has 1 aliphatic carbocycles. The standard InChI is InChI=1S/C24H31F3N6O2/c25-24(26,27)16-1-6-21-20(11-16)23(30-15-29-21)28-12-22(34)31-17-13-33(14-17)19-4-2-18(3-5-19)32-7-9-35-10-8-32/h1,6,11,15,17-19H,2-5,7-10,12-14H2,(H,31,34)(H,28,29,30)/t18-,19+. The van der Waals surface area contributed by atoms with Crippen molar-refractivity contribution >= 4 is 22.6 Å². The average molecular weight is 493 g/mol. The quantitative estimate of drug-likeness (QED) is 0.641. The van der Waals surface area contributed by atoms with E-state index < -0.39 is 11.7 Å². The number of nitrogens with zero attached hydrogens (tertiary/aromatic N) is 4. The van der Waals surface area contributed by atoms with Crippen molar-refractivity contribution in [3.05, 3.63) is 30.1 Å². The highest BCUT2D eigenvalue weighted by Crippen LogP contribution is 2.33. The van der Waals surface area contributed by atoms with Crippen molar-refractivity contribution in [2.75, 3.05) is 51.3 Å². The fourth-order valence-electron chi connectivity index (χ4n) is 5.45. The second kappa shape index (κ2) is 10.2. The first-order chi connectivity index (χ1) is 16.9. The van der Waals surface area contributed by atoms with Gasteiger partial charge < -0.3 is 15.4 Å². The second-order valence-corrected chi connectivity index (χ2v) is 9.63. The molecule has 0 spiro atoms. The number of hydrogen-bond acceptors (Lipinski definition) is 7. The van der Waals surface area contributed by atoms with Gasteiger partial charge in [-0.05, 0) is 43.9 Å². The van der Waals surface area contributed by atoms with Crippen LogP contribution < -0.4 is 10.6 Å². The lowest BCUT2D eigenvalue weighted by molar-refractivity contribution is -0.137. The molecule has 0 unspecified atom stereocenters. The van der Waals surface area contributed by atoms with Crippen molar-refractivity contribution in [3.8, 4) is 0 Å². The molecule has 2 aliphatic heterocycles. The number of carbonyl (C=O) groups excluding carboxylic acids is 1. The van der Waals surface area contributed by atoms with Crippen LogP contribution in [0.1, 0.15) is 31.2 Å². The Morgan fingerprint density at radius 1 is 1.03 bits per heavy atom. The number of halogens is 3. The topological polar surface area (TPSA) is 82.6 Å². The number of benzene rings is 1. The fourth-order valence-corrected chi connectivity index (χ4v) is 5.45. The van der Waals surface area contributed by atoms with E-state index in [1.54, 1.807) is 0 Å². The summed E-state index contributed by atoms with van der Waals surface area (Å²) in [5.41, 5.74) is -0.394. The van der Waals surface area contributed by atoms with Gasteiger partial charge in [0.15, 0.2) is 0 Å². The number of alkyl halides is 3. The third-order valence-corrected chi connectivity index (χ3v) is 7.40. The molecular weight excluding hydrogens is 461 g/mol. The molecule has 2 saturated heterocycles. The van der Waals surface area contributed by atoms with Gasteiger partial charge in [-0.3, -0.25) is 14.6 Å². The van der Waals surface area contributed by atoms with Gasteiger partial charge in [0.25, 0.3) is 0 Å². The fraction of sp³-hybridized carbons (Fsp3) is 0.625. The maximum atomic E-state index is 13.1. The molecular formula is C24H31F3N6O2. The number of likely N-dealkylation sites (tertiary alicyclic amines) is 1. The molecule has 1 aromatic heterocycles. The number of nitrogens with one attached hydrogen (secondary N) is 2. The molecule has 2 N–H and O–H groups in total. The lowest BCUT2D eigenvalue weighted by Crippen LogP contribution is -2.63. The summed E-state index contributed by atoms with van der Waals surface area (Å²) in [4.78, 5) is 25.5. The number of ether oxygens (including phenoxy) is 1. The number of anilines is 1. The highest BCUT2D eigenvalue weighted by Gasteiger charge is 2.36. The molecule has 190 valence electrons. The highest BCUT2D eigenvalue weighted by molar-refractivity contribution is 5.91. The number of amides is 1. The van der Waals surface area contributed by atoms with Crippen LogP contribution in [0.5, 0.6) is 0 Å². The van der Waals surface area contributed by atoms with Crippen molar-refractivity contribution in [3.63, 3.8) is 0 Å². The number of rotatable bonds is 6. The molecule has 0 bridgehead atoms. The Morgan fingerprint density at radius 3 is 2.40 bits per heavy atom. The average Bonchev–Trinajstić information content (AvgIpc) is 2.84. The monoisotopic (exact) mass is 492 g/mol. The zero-order valence-corrected chi connectivity index (χ0v) is 19.6. The minimum absolute atomic E-state index is 0.0660. The number of hydrogen-bond donors (Lipinski definition) is 2. The first-order valence-corrected chi connectivity index (χ1v) is 12.3. The summed E-state index contributed by atoms with van der Waals surface area (Å²) in [6, 6.07) is 4.65. The second-order valence-electron chi connectivity index (χ2n) is 9.63. The number of carbonyl (C=O) groups is 1. The third-order valence-electron chi connectivity index (χ3n) is 7.40. The van der Waals surface area contributed by atoms with Gasteiger partial charge in [0, 0.05) is 43.6 Å². The largest absolute Gasteiger partial charge is 0.416 e. The van der Waals surface area contributed by atoms with Crippen LogP contribution in [0, 0.1) is 0 Å². The molecule has 3 heterocycles. The molecule has 2 aromatic rings. The van der Waals surface area contributed by atoms with E-state index >= 15 is 0 Å². The molecule has 8 nitrogen and oxygen atoms in total. The van der Waals surface area contributed by atoms with Crippen molar-refractivity contribution in [2.24, 2.45) is 0 Å². The molecule has 3 aliphatic rings. The Hall–Kier alpha value is -2.50. The van der Waals surface area contributed by atoms with Crippen LogP contribution in [0.25, 0.3) is 10.9 Å². The van der Waals surface area contributed by atoms with E-state index in [0.29, 0.717) is 17.6 Å². The van der Waals surface area contributed by atoms with E-state index in [4.69, 9.17) is 4.74 Å². The van der Waals surface area contributed by atoms with Gasteiger partial charge >= 0.3 is 6.18 Å². The minimum Gasteiger partial charge on any atom is -0.379 e. The SMILES string of the molecule is O=C(CNc1ncnc2ccc(C(F)(F)F)cc12)NC1CN([C@H]2CC[C@@H](N3CCOCC3)CC2)C1. The van der Waals surface area contributed by atoms with Crippen LogP contribution >= 0.6 is 0 Å². The summed E-state index contributed by atoms with van der Waals surface area (Å²) < 4.78 is 44.7. The highest BCUT2D eigenvalue weighted by atomic mass is 19.4. The molecule has 1 saturated carbocycles. The van der Waals surface area contributed by atoms with Crippen LogP contribution in [-0.2, 0) is 15.7 Å². The number of fused-ring (bicyclic) bond motifs is 1. The molecule has 5 rings (SSSR count). The van der Waals surface area contributed by atoms with Crippen LogP contribution in [0.2, 0.25) is 0 Å². The van der Waals surface area contributed by atoms with E-state index in [2.05, 4.69) is 30.4 Å². The molecule has 11 heteroatoms. The van der Waals surface area contributed by atoms with Crippen LogP contribution in [-0.4, -0.2) is 89.7 Å². The molecule has 35 heavy (non-hydrogen) atoms. The van der Waals surface area contributed by atoms with Crippen LogP contribution in [0.4, 0.5) is 19.0 Å². The van der Waals surface area contributed by atoms with Gasteiger partial charge in [0.05, 0.1) is 36.9 Å². The van der Waals surface area contributed by atoms with Gasteiger partial charge in [-0.2, -0.15) is 13.2 Å². The summed E-state index contributed by atoms with van der Waals surface area (Å²) in [6.07, 6.45) is 1.61. The Kier molecular flexibility index (Phi) is 7.08. The van der Waals surface area contributed by atoms with Crippen molar-refractivity contribution in [2.45, 2.75) is 50.0 Å².